The molecule has 0 aliphatic carbocycles. The number of aromatic amines is 1. The zero-order chi connectivity index (χ0) is 20.0. The summed E-state index contributed by atoms with van der Waals surface area (Å²) in [5.74, 6) is -0.173. The topological polar surface area (TPSA) is 38.4 Å². The molecule has 2 atom stereocenters. The van der Waals surface area contributed by atoms with Crippen LogP contribution in [-0.2, 0) is 6.54 Å². The van der Waals surface area contributed by atoms with E-state index >= 15 is 0 Å². The molecule has 0 saturated carbocycles. The zero-order valence-electron chi connectivity index (χ0n) is 16.8. The predicted octanol–water partition coefficient (Wildman–Crippen LogP) is 4.44. The summed E-state index contributed by atoms with van der Waals surface area (Å²) in [6.07, 6.45) is 4.02. The van der Waals surface area contributed by atoms with Crippen molar-refractivity contribution in [2.24, 2.45) is 0 Å². The molecule has 2 aromatic carbocycles. The molecule has 1 aromatic heterocycles. The van der Waals surface area contributed by atoms with Gasteiger partial charge in [-0.15, -0.1) is 0 Å². The first kappa shape index (κ1) is 18.9. The van der Waals surface area contributed by atoms with Gasteiger partial charge in [0, 0.05) is 43.2 Å². The van der Waals surface area contributed by atoms with Crippen molar-refractivity contribution in [1.82, 2.24) is 19.4 Å². The fourth-order valence-corrected chi connectivity index (χ4v) is 6.08. The molecule has 1 spiro atoms. The summed E-state index contributed by atoms with van der Waals surface area (Å²) < 4.78 is 18.5. The van der Waals surface area contributed by atoms with Gasteiger partial charge in [-0.25, -0.2) is 8.70 Å². The lowest BCUT2D eigenvalue weighted by Crippen LogP contribution is -2.56. The van der Waals surface area contributed by atoms with Gasteiger partial charge in [-0.3, -0.25) is 14.3 Å². The number of nitrogens with zero attached hydrogens (tertiary/aromatic N) is 4. The summed E-state index contributed by atoms with van der Waals surface area (Å²) in [6, 6.07) is 14.0. The van der Waals surface area contributed by atoms with Crippen LogP contribution >= 0.6 is 12.1 Å². The van der Waals surface area contributed by atoms with Crippen LogP contribution in [0.15, 0.2) is 48.7 Å². The van der Waals surface area contributed by atoms with Crippen molar-refractivity contribution in [3.05, 3.63) is 60.0 Å². The van der Waals surface area contributed by atoms with Crippen molar-refractivity contribution >= 4 is 28.7 Å². The molecule has 3 aromatic rings. The van der Waals surface area contributed by atoms with E-state index < -0.39 is 0 Å². The normalized spacial score (nSPS) is 26.0. The number of anilines is 1. The molecule has 2 fully saturated rings. The standard InChI is InChI=1S/C22H26FN5S/c1-16-12-22(15-26(2)29-28(22)20-5-3-4-19(23)11-20)8-9-27(16)14-17-6-7-21-18(10-17)13-24-25-21/h3-7,10-11,13,16H,8-9,12,14-15H2,1-2H3,(H,24,25)/t16-,22+/m0/s1. The van der Waals surface area contributed by atoms with Gasteiger partial charge in [0.2, 0.25) is 0 Å². The number of fused-ring (bicyclic) bond motifs is 1. The van der Waals surface area contributed by atoms with Gasteiger partial charge in [-0.2, -0.15) is 5.10 Å². The minimum atomic E-state index is -0.173. The molecule has 29 heavy (non-hydrogen) atoms. The van der Waals surface area contributed by atoms with E-state index in [2.05, 4.69) is 55.9 Å². The largest absolute Gasteiger partial charge is 0.296 e. The third-order valence-corrected chi connectivity index (χ3v) is 7.43. The minimum absolute atomic E-state index is 0.0393. The lowest BCUT2D eigenvalue weighted by atomic mass is 9.82. The molecule has 1 N–H and O–H groups in total. The lowest BCUT2D eigenvalue weighted by molar-refractivity contribution is 0.100. The quantitative estimate of drug-likeness (QED) is 0.645. The Morgan fingerprint density at radius 3 is 3.00 bits per heavy atom. The lowest BCUT2D eigenvalue weighted by Gasteiger charge is -2.47. The first-order valence-corrected chi connectivity index (χ1v) is 10.9. The molecule has 152 valence electrons. The van der Waals surface area contributed by atoms with E-state index in [1.165, 1.54) is 11.6 Å². The van der Waals surface area contributed by atoms with Gasteiger partial charge in [0.05, 0.1) is 22.9 Å². The number of aromatic nitrogens is 2. The molecular formula is C22H26FN5S. The number of rotatable bonds is 3. The number of halogens is 1. The van der Waals surface area contributed by atoms with Crippen LogP contribution in [0.4, 0.5) is 10.1 Å². The number of piperidine rings is 1. The van der Waals surface area contributed by atoms with Gasteiger partial charge in [0.1, 0.15) is 5.82 Å². The third-order valence-electron chi connectivity index (χ3n) is 6.26. The molecule has 5 rings (SSSR count). The van der Waals surface area contributed by atoms with Crippen molar-refractivity contribution in [2.75, 3.05) is 24.4 Å². The van der Waals surface area contributed by atoms with Crippen LogP contribution in [-0.4, -0.2) is 51.1 Å². The van der Waals surface area contributed by atoms with Gasteiger partial charge >= 0.3 is 0 Å². The van der Waals surface area contributed by atoms with E-state index in [-0.39, 0.29) is 11.4 Å². The molecule has 0 radical (unpaired) electrons. The van der Waals surface area contributed by atoms with Gasteiger partial charge in [-0.1, -0.05) is 12.1 Å². The van der Waals surface area contributed by atoms with E-state index in [1.54, 1.807) is 18.2 Å². The Balaban J connectivity index is 1.35. The Bertz CT molecular complexity index is 1020. The summed E-state index contributed by atoms with van der Waals surface area (Å²) in [5.41, 5.74) is 3.40. The van der Waals surface area contributed by atoms with E-state index in [4.69, 9.17) is 0 Å². The number of likely N-dealkylation sites (N-methyl/N-ethyl adjacent to an activating group) is 1. The van der Waals surface area contributed by atoms with Crippen molar-refractivity contribution in [3.8, 4) is 0 Å². The van der Waals surface area contributed by atoms with Crippen molar-refractivity contribution < 1.29 is 4.39 Å². The fourth-order valence-electron chi connectivity index (χ4n) is 4.90. The number of hydrogen-bond donors (Lipinski definition) is 1. The molecule has 2 saturated heterocycles. The first-order valence-electron chi connectivity index (χ1n) is 10.1. The van der Waals surface area contributed by atoms with Crippen LogP contribution in [0.5, 0.6) is 0 Å². The van der Waals surface area contributed by atoms with Gasteiger partial charge in [-0.05, 0) is 62.7 Å². The summed E-state index contributed by atoms with van der Waals surface area (Å²) in [6.45, 7) is 5.30. The Labute approximate surface area is 175 Å². The molecule has 0 bridgehead atoms. The van der Waals surface area contributed by atoms with Crippen LogP contribution in [0.3, 0.4) is 0 Å². The number of benzene rings is 2. The second-order valence-electron chi connectivity index (χ2n) is 8.43. The third kappa shape index (κ3) is 3.52. The molecule has 5 nitrogen and oxygen atoms in total. The summed E-state index contributed by atoms with van der Waals surface area (Å²) in [5, 5.41) is 8.30. The van der Waals surface area contributed by atoms with Crippen LogP contribution in [0.2, 0.25) is 0 Å². The van der Waals surface area contributed by atoms with Crippen molar-refractivity contribution in [1.29, 1.82) is 0 Å². The van der Waals surface area contributed by atoms with Crippen LogP contribution in [0.25, 0.3) is 10.9 Å². The second kappa shape index (κ2) is 7.31. The highest BCUT2D eigenvalue weighted by molar-refractivity contribution is 7.98. The SMILES string of the molecule is C[C@H]1C[C@]2(CCN1Cc1ccc3[nH]ncc3c1)CN(C)SN2c1cccc(F)c1. The van der Waals surface area contributed by atoms with Gasteiger partial charge in [0.15, 0.2) is 0 Å². The predicted molar refractivity (Wildman–Crippen MR) is 117 cm³/mol. The maximum Gasteiger partial charge on any atom is 0.125 e. The Morgan fingerprint density at radius 2 is 2.17 bits per heavy atom. The van der Waals surface area contributed by atoms with Crippen LogP contribution in [0.1, 0.15) is 25.3 Å². The fraction of sp³-hybridized carbons (Fsp3) is 0.409. The summed E-state index contributed by atoms with van der Waals surface area (Å²) >= 11 is 1.71. The van der Waals surface area contributed by atoms with Gasteiger partial charge in [0.25, 0.3) is 0 Å². The molecule has 2 aliphatic heterocycles. The van der Waals surface area contributed by atoms with Gasteiger partial charge < -0.3 is 0 Å². The molecule has 0 amide bonds. The average Bonchev–Trinajstić information content (AvgIpc) is 3.28. The Morgan fingerprint density at radius 1 is 1.28 bits per heavy atom. The van der Waals surface area contributed by atoms with Crippen molar-refractivity contribution in [2.45, 2.75) is 37.9 Å². The van der Waals surface area contributed by atoms with Crippen LogP contribution < -0.4 is 4.31 Å². The molecule has 3 heterocycles. The maximum absolute atomic E-state index is 13.9. The minimum Gasteiger partial charge on any atom is -0.296 e. The maximum atomic E-state index is 13.9. The van der Waals surface area contributed by atoms with Crippen molar-refractivity contribution in [3.63, 3.8) is 0 Å². The Hall–Kier alpha value is -2.09. The highest BCUT2D eigenvalue weighted by Gasteiger charge is 2.48. The average molecular weight is 412 g/mol. The number of likely N-dealkylation sites (tertiary alicyclic amines) is 1. The number of H-pyrrole nitrogens is 1. The molecule has 7 heteroatoms. The highest BCUT2D eigenvalue weighted by Crippen LogP contribution is 2.46. The summed E-state index contributed by atoms with van der Waals surface area (Å²) in [7, 11) is 2.13. The molecule has 0 unspecified atom stereocenters. The smallest absolute Gasteiger partial charge is 0.125 e. The van der Waals surface area contributed by atoms with Crippen LogP contribution in [0, 0.1) is 5.82 Å². The summed E-state index contributed by atoms with van der Waals surface area (Å²) in [4.78, 5) is 2.57. The zero-order valence-corrected chi connectivity index (χ0v) is 17.6. The Kier molecular flexibility index (Phi) is 4.76. The second-order valence-corrected chi connectivity index (χ2v) is 9.58. The van der Waals surface area contributed by atoms with E-state index in [9.17, 15) is 4.39 Å². The first-order chi connectivity index (χ1) is 14.0. The van der Waals surface area contributed by atoms with E-state index in [0.717, 1.165) is 49.1 Å². The molecular weight excluding hydrogens is 385 g/mol. The monoisotopic (exact) mass is 411 g/mol. The van der Waals surface area contributed by atoms with E-state index in [0.29, 0.717) is 6.04 Å². The number of hydrogen-bond acceptors (Lipinski definition) is 5. The molecule has 2 aliphatic rings. The highest BCUT2D eigenvalue weighted by atomic mass is 32.2. The number of nitrogens with one attached hydrogen (secondary N) is 1. The van der Waals surface area contributed by atoms with E-state index in [1.807, 2.05) is 18.3 Å².